The fourth-order valence-corrected chi connectivity index (χ4v) is 10.7. The van der Waals surface area contributed by atoms with E-state index in [1.807, 2.05) is 0 Å². The van der Waals surface area contributed by atoms with Crippen molar-refractivity contribution in [1.29, 1.82) is 0 Å². The van der Waals surface area contributed by atoms with E-state index >= 15 is 9.59 Å². The van der Waals surface area contributed by atoms with Crippen LogP contribution in [0.5, 0.6) is 0 Å². The number of aliphatic carboxylic acids is 1. The molecule has 0 radical (unpaired) electrons. The van der Waals surface area contributed by atoms with E-state index in [9.17, 15) is 49.2 Å². The van der Waals surface area contributed by atoms with Crippen LogP contribution in [0.3, 0.4) is 0 Å². The Hall–Kier alpha value is -6.80. The Balaban J connectivity index is 1.42. The quantitative estimate of drug-likeness (QED) is 0.102. The third kappa shape index (κ3) is 9.09. The average Bonchev–Trinajstić information content (AvgIpc) is 3.31. The average molecular weight is 969 g/mol. The number of hydrogen-bond acceptors (Lipinski definition) is 18. The first-order valence-corrected chi connectivity index (χ1v) is 22.6. The van der Waals surface area contributed by atoms with Crippen molar-refractivity contribution in [3.05, 3.63) is 119 Å². The zero-order valence-corrected chi connectivity index (χ0v) is 39.2. The molecule has 372 valence electrons. The van der Waals surface area contributed by atoms with Gasteiger partial charge in [-0.1, -0.05) is 80.6 Å². The van der Waals surface area contributed by atoms with Crippen LogP contribution in [0.25, 0.3) is 0 Å². The minimum atomic E-state index is -2.54. The van der Waals surface area contributed by atoms with E-state index in [1.54, 1.807) is 54.6 Å². The van der Waals surface area contributed by atoms with Crippen LogP contribution in [0, 0.1) is 16.7 Å². The number of Topliss-reactive ketones (excluding diaryl/α,β-unsaturated/α-hetero) is 1. The summed E-state index contributed by atoms with van der Waals surface area (Å²) in [6.07, 6.45) is -15.1. The predicted molar refractivity (Wildman–Crippen MR) is 237 cm³/mol. The highest BCUT2D eigenvalue weighted by molar-refractivity contribution is 5.96. The third-order valence-electron chi connectivity index (χ3n) is 14.3. The number of nitrogens with one attached hydrogen (secondary N) is 1. The van der Waals surface area contributed by atoms with Crippen molar-refractivity contribution in [2.45, 2.75) is 121 Å². The molecule has 3 aliphatic carbocycles. The van der Waals surface area contributed by atoms with Gasteiger partial charge in [-0.15, -0.1) is 0 Å². The minimum absolute atomic E-state index is 0.000203. The first kappa shape index (κ1) is 51.1. The lowest BCUT2D eigenvalue weighted by molar-refractivity contribution is -0.346. The van der Waals surface area contributed by atoms with Gasteiger partial charge in [0.15, 0.2) is 17.5 Å². The minimum Gasteiger partial charge on any atom is -0.547 e. The summed E-state index contributed by atoms with van der Waals surface area (Å²) in [5.41, 5.74) is -8.14. The number of fused-ring (bicyclic) bond motifs is 5. The molecule has 2 saturated carbocycles. The van der Waals surface area contributed by atoms with Gasteiger partial charge < -0.3 is 59.0 Å². The van der Waals surface area contributed by atoms with Crippen LogP contribution in [-0.2, 0) is 57.2 Å². The van der Waals surface area contributed by atoms with Gasteiger partial charge in [-0.05, 0) is 54.8 Å². The molecule has 3 fully saturated rings. The number of amides is 1. The molecule has 12 atom stereocenters. The fourth-order valence-electron chi connectivity index (χ4n) is 10.7. The lowest BCUT2D eigenvalue weighted by Crippen LogP contribution is -2.82. The Bertz CT molecular complexity index is 2580. The topological polar surface area (TPSA) is 288 Å². The molecule has 19 heteroatoms. The highest BCUT2D eigenvalue weighted by Crippen LogP contribution is 2.64. The normalized spacial score (nSPS) is 29.9. The number of carbonyl (C=O) groups excluding carboxylic acids is 8. The van der Waals surface area contributed by atoms with Crippen LogP contribution in [0.15, 0.2) is 102 Å². The van der Waals surface area contributed by atoms with Crippen LogP contribution in [-0.4, -0.2) is 123 Å². The van der Waals surface area contributed by atoms with E-state index in [0.717, 1.165) is 13.8 Å². The van der Waals surface area contributed by atoms with Gasteiger partial charge in [0.25, 0.3) is 5.91 Å². The molecule has 7 rings (SSSR count). The molecule has 1 saturated heterocycles. The van der Waals surface area contributed by atoms with Crippen LogP contribution in [0.1, 0.15) is 93.1 Å². The third-order valence-corrected chi connectivity index (χ3v) is 14.3. The molecule has 3 aromatic carbocycles. The number of hydrogen-bond donors (Lipinski definition) is 4. The fraction of sp³-hybridized carbons (Fsp3) is 0.451. The van der Waals surface area contributed by atoms with Crippen molar-refractivity contribution in [1.82, 2.24) is 5.32 Å². The van der Waals surface area contributed by atoms with Gasteiger partial charge >= 0.3 is 29.8 Å². The van der Waals surface area contributed by atoms with Crippen molar-refractivity contribution in [3.63, 3.8) is 0 Å². The molecular weight excluding hydrogens is 915 g/mol. The molecule has 4 N–H and O–H groups in total. The summed E-state index contributed by atoms with van der Waals surface area (Å²) in [5.74, 6) is -11.1. The van der Waals surface area contributed by atoms with Crippen molar-refractivity contribution < 1.29 is 87.2 Å². The van der Waals surface area contributed by atoms with Gasteiger partial charge in [-0.2, -0.15) is 0 Å². The monoisotopic (exact) mass is 968 g/mol. The van der Waals surface area contributed by atoms with E-state index in [4.69, 9.17) is 28.4 Å². The summed E-state index contributed by atoms with van der Waals surface area (Å²) in [5, 5.41) is 50.3. The Morgan fingerprint density at radius 2 is 1.43 bits per heavy atom. The van der Waals surface area contributed by atoms with Gasteiger partial charge in [0.2, 0.25) is 6.10 Å². The SMILES string of the molecule is CC(=O)O[C@H]1C(=O)[C@@]2(C)[C@H]([C@H](OC(=O)c3ccccc3)[C@]3(O)C[C@H](OC(=O)[C@H](OC(=O)C[C@H](O)C(=O)[O-])[C@@H](NC(=O)c4ccccc4)c4ccccc4)C(C)=C1C3(C)C)[C@]1(OC(C)=O)CO[C@@H]1C[C@@H]2O. The molecule has 0 spiro atoms. The Kier molecular flexibility index (Phi) is 14.3. The van der Waals surface area contributed by atoms with Crippen LogP contribution in [0.2, 0.25) is 0 Å². The number of carbonyl (C=O) groups is 8. The molecular formula is C51H54NO18-. The number of ether oxygens (including phenoxy) is 6. The van der Waals surface area contributed by atoms with E-state index in [-0.39, 0.29) is 40.9 Å². The van der Waals surface area contributed by atoms with Crippen LogP contribution >= 0.6 is 0 Å². The number of carboxylic acids is 1. The van der Waals surface area contributed by atoms with Crippen molar-refractivity contribution in [2.75, 3.05) is 6.61 Å². The van der Waals surface area contributed by atoms with Gasteiger partial charge in [0, 0.05) is 37.7 Å². The highest BCUT2D eigenvalue weighted by atomic mass is 16.6. The zero-order chi connectivity index (χ0) is 51.1. The van der Waals surface area contributed by atoms with Crippen LogP contribution < -0.4 is 10.4 Å². The Labute approximate surface area is 402 Å². The predicted octanol–water partition coefficient (Wildman–Crippen LogP) is 1.79. The zero-order valence-electron chi connectivity index (χ0n) is 39.2. The second kappa shape index (κ2) is 19.5. The van der Waals surface area contributed by atoms with Gasteiger partial charge in [0.1, 0.15) is 36.1 Å². The molecule has 3 aromatic rings. The lowest BCUT2D eigenvalue weighted by Gasteiger charge is -2.67. The first-order valence-electron chi connectivity index (χ1n) is 22.6. The molecule has 1 amide bonds. The summed E-state index contributed by atoms with van der Waals surface area (Å²) >= 11 is 0. The van der Waals surface area contributed by atoms with E-state index in [2.05, 4.69) is 5.32 Å². The number of rotatable bonds is 14. The number of benzene rings is 3. The van der Waals surface area contributed by atoms with E-state index < -0.39 is 137 Å². The number of esters is 5. The van der Waals surface area contributed by atoms with E-state index in [1.165, 1.54) is 64.1 Å². The summed E-state index contributed by atoms with van der Waals surface area (Å²) < 4.78 is 36.1. The van der Waals surface area contributed by atoms with Crippen molar-refractivity contribution in [2.24, 2.45) is 16.7 Å². The second-order valence-electron chi connectivity index (χ2n) is 18.9. The summed E-state index contributed by atoms with van der Waals surface area (Å²) in [6.45, 7) is 7.51. The number of aliphatic hydroxyl groups is 3. The lowest BCUT2D eigenvalue weighted by atomic mass is 9.44. The Morgan fingerprint density at radius 3 is 1.97 bits per heavy atom. The number of aliphatic hydroxyl groups excluding tert-OH is 2. The number of ketones is 1. The molecule has 0 aromatic heterocycles. The summed E-state index contributed by atoms with van der Waals surface area (Å²) in [7, 11) is 0. The van der Waals surface area contributed by atoms with Gasteiger partial charge in [-0.25, -0.2) is 9.59 Å². The highest BCUT2D eigenvalue weighted by Gasteiger charge is 2.78. The smallest absolute Gasteiger partial charge is 0.350 e. The number of carboxylic acid groups (broad SMARTS) is 1. The standard InChI is InChI=1S/C51H55NO18/c1-26-33(67-47(63)40(68-36(57)22-32(55)45(60)61)38(29-16-10-7-11-17-29)52-44(59)30-18-12-8-13-19-30)24-51(64)43(69-46(62)31-20-14-9-15-21-31)41-49(6,34(56)23-35-50(41,25-65-35)70-28(3)54)42(58)39(66-27(2)53)37(26)48(51,4)5/h7-21,32-35,38-41,43,55-56,64H,22-25H2,1-6H3,(H,52,59)(H,60,61)/p-1/t32-,33-,34-,35+,38-,39+,40+,41-,43-,49+,50-,51+/m0/s1. The maximum Gasteiger partial charge on any atom is 0.350 e. The maximum absolute atomic E-state index is 15.7. The van der Waals surface area contributed by atoms with Crippen LogP contribution in [0.4, 0.5) is 0 Å². The largest absolute Gasteiger partial charge is 0.547 e. The molecule has 1 aliphatic heterocycles. The van der Waals surface area contributed by atoms with Gasteiger partial charge in [0.05, 0.1) is 42.0 Å². The summed E-state index contributed by atoms with van der Waals surface area (Å²) in [4.78, 5) is 110. The molecule has 70 heavy (non-hydrogen) atoms. The molecule has 4 aliphatic rings. The van der Waals surface area contributed by atoms with E-state index in [0.29, 0.717) is 0 Å². The molecule has 2 bridgehead atoms. The summed E-state index contributed by atoms with van der Waals surface area (Å²) in [6, 6.07) is 21.5. The molecule has 19 nitrogen and oxygen atoms in total. The van der Waals surface area contributed by atoms with Crippen molar-refractivity contribution >= 4 is 47.5 Å². The first-order chi connectivity index (χ1) is 33.0. The van der Waals surface area contributed by atoms with Crippen molar-refractivity contribution in [3.8, 4) is 0 Å². The van der Waals surface area contributed by atoms with Gasteiger partial charge in [-0.3, -0.25) is 24.0 Å². The molecule has 1 heterocycles. The Morgan fingerprint density at radius 1 is 0.843 bits per heavy atom. The second-order valence-corrected chi connectivity index (χ2v) is 18.9. The maximum atomic E-state index is 15.7. The molecule has 0 unspecified atom stereocenters.